The van der Waals surface area contributed by atoms with E-state index in [9.17, 15) is 4.79 Å². The van der Waals surface area contributed by atoms with Gasteiger partial charge in [-0.1, -0.05) is 12.1 Å². The third-order valence-electron chi connectivity index (χ3n) is 3.40. The van der Waals surface area contributed by atoms with Crippen molar-refractivity contribution in [2.45, 2.75) is 13.8 Å². The topological polar surface area (TPSA) is 71.9 Å². The van der Waals surface area contributed by atoms with Crippen molar-refractivity contribution in [3.8, 4) is 11.3 Å². The quantitative estimate of drug-likeness (QED) is 0.636. The van der Waals surface area contributed by atoms with E-state index in [1.54, 1.807) is 13.1 Å². The van der Waals surface area contributed by atoms with Gasteiger partial charge in [-0.3, -0.25) is 10.2 Å². The zero-order valence-electron chi connectivity index (χ0n) is 11.3. The van der Waals surface area contributed by atoms with Crippen LogP contribution in [0.15, 0.2) is 35.1 Å². The van der Waals surface area contributed by atoms with Gasteiger partial charge in [0.05, 0.1) is 11.3 Å². The van der Waals surface area contributed by atoms with Gasteiger partial charge in [0.1, 0.15) is 5.84 Å². The van der Waals surface area contributed by atoms with Crippen molar-refractivity contribution in [2.24, 2.45) is 12.8 Å². The fraction of sp³-hybridized carbons (Fsp3) is 0.200. The van der Waals surface area contributed by atoms with Crippen molar-refractivity contribution in [3.63, 3.8) is 0 Å². The summed E-state index contributed by atoms with van der Waals surface area (Å²) in [5.41, 5.74) is 9.57. The van der Waals surface area contributed by atoms with Crippen molar-refractivity contribution in [2.75, 3.05) is 0 Å². The second-order valence-electron chi connectivity index (χ2n) is 4.71. The predicted molar refractivity (Wildman–Crippen MR) is 77.6 cm³/mol. The van der Waals surface area contributed by atoms with Crippen LogP contribution in [-0.2, 0) is 7.05 Å². The van der Waals surface area contributed by atoms with Gasteiger partial charge in [0.25, 0.3) is 5.56 Å². The normalized spacial score (nSPS) is 10.5. The Kier molecular flexibility index (Phi) is 3.25. The zero-order valence-corrected chi connectivity index (χ0v) is 11.3. The van der Waals surface area contributed by atoms with Crippen LogP contribution in [0.3, 0.4) is 0 Å². The SMILES string of the molecule is Cc1ccc(-c2ccc(C(=N)N)c(=O)n2C)cc1C. The number of aryl methyl sites for hydroxylation is 2. The van der Waals surface area contributed by atoms with E-state index in [1.807, 2.05) is 25.1 Å². The molecule has 0 atom stereocenters. The summed E-state index contributed by atoms with van der Waals surface area (Å²) in [7, 11) is 1.69. The Balaban J connectivity index is 2.64. The molecule has 0 saturated carbocycles. The van der Waals surface area contributed by atoms with E-state index in [0.717, 1.165) is 11.3 Å². The monoisotopic (exact) mass is 255 g/mol. The lowest BCUT2D eigenvalue weighted by atomic mass is 10.0. The molecule has 0 aliphatic carbocycles. The first kappa shape index (κ1) is 13.1. The minimum atomic E-state index is -0.247. The first-order valence-electron chi connectivity index (χ1n) is 6.04. The summed E-state index contributed by atoms with van der Waals surface area (Å²) in [5, 5.41) is 7.37. The van der Waals surface area contributed by atoms with Gasteiger partial charge >= 0.3 is 0 Å². The maximum absolute atomic E-state index is 12.1. The molecule has 4 nitrogen and oxygen atoms in total. The zero-order chi connectivity index (χ0) is 14.2. The van der Waals surface area contributed by atoms with Gasteiger partial charge in [-0.05, 0) is 48.7 Å². The average molecular weight is 255 g/mol. The van der Waals surface area contributed by atoms with E-state index < -0.39 is 0 Å². The van der Waals surface area contributed by atoms with Gasteiger partial charge in [-0.25, -0.2) is 0 Å². The molecule has 2 rings (SSSR count). The molecule has 1 aromatic carbocycles. The lowest BCUT2D eigenvalue weighted by molar-refractivity contribution is 0.866. The molecule has 0 saturated heterocycles. The number of nitrogens with zero attached hydrogens (tertiary/aromatic N) is 1. The molecule has 3 N–H and O–H groups in total. The molecule has 0 amide bonds. The highest BCUT2D eigenvalue weighted by atomic mass is 16.1. The van der Waals surface area contributed by atoms with E-state index in [2.05, 4.69) is 13.0 Å². The van der Waals surface area contributed by atoms with Crippen LogP contribution >= 0.6 is 0 Å². The van der Waals surface area contributed by atoms with E-state index in [-0.39, 0.29) is 17.0 Å². The van der Waals surface area contributed by atoms with Gasteiger partial charge in [-0.2, -0.15) is 0 Å². The number of nitrogens with one attached hydrogen (secondary N) is 1. The van der Waals surface area contributed by atoms with Gasteiger partial charge in [0.15, 0.2) is 0 Å². The largest absolute Gasteiger partial charge is 0.384 e. The molecule has 19 heavy (non-hydrogen) atoms. The molecule has 1 aromatic heterocycles. The highest BCUT2D eigenvalue weighted by Gasteiger charge is 2.09. The minimum absolute atomic E-state index is 0.202. The molecular weight excluding hydrogens is 238 g/mol. The van der Waals surface area contributed by atoms with Crippen LogP contribution in [-0.4, -0.2) is 10.4 Å². The van der Waals surface area contributed by atoms with Crippen LogP contribution in [0, 0.1) is 19.3 Å². The van der Waals surface area contributed by atoms with E-state index in [1.165, 1.54) is 15.7 Å². The fourth-order valence-corrected chi connectivity index (χ4v) is 2.03. The summed E-state index contributed by atoms with van der Waals surface area (Å²) >= 11 is 0. The number of pyridine rings is 1. The summed E-state index contributed by atoms with van der Waals surface area (Å²) in [4.78, 5) is 12.1. The van der Waals surface area contributed by atoms with E-state index in [0.29, 0.717) is 0 Å². The Hall–Kier alpha value is -2.36. The van der Waals surface area contributed by atoms with Crippen molar-refractivity contribution in [3.05, 3.63) is 57.4 Å². The maximum Gasteiger partial charge on any atom is 0.261 e. The molecule has 0 radical (unpaired) electrons. The third-order valence-corrected chi connectivity index (χ3v) is 3.40. The molecule has 0 fully saturated rings. The molecule has 98 valence electrons. The van der Waals surface area contributed by atoms with Crippen LogP contribution < -0.4 is 11.3 Å². The fourth-order valence-electron chi connectivity index (χ4n) is 2.03. The Bertz CT molecular complexity index is 714. The molecule has 0 spiro atoms. The second-order valence-corrected chi connectivity index (χ2v) is 4.71. The number of hydrogen-bond donors (Lipinski definition) is 2. The number of aromatic nitrogens is 1. The Labute approximate surface area is 112 Å². The summed E-state index contributed by atoms with van der Waals surface area (Å²) in [5.74, 6) is -0.202. The highest BCUT2D eigenvalue weighted by Crippen LogP contribution is 2.20. The summed E-state index contributed by atoms with van der Waals surface area (Å²) < 4.78 is 1.53. The second kappa shape index (κ2) is 4.72. The minimum Gasteiger partial charge on any atom is -0.384 e. The lowest BCUT2D eigenvalue weighted by Crippen LogP contribution is -2.28. The lowest BCUT2D eigenvalue weighted by Gasteiger charge is -2.11. The number of benzene rings is 1. The molecule has 0 unspecified atom stereocenters. The number of nitrogen functional groups attached to an aromatic ring is 1. The van der Waals surface area contributed by atoms with Crippen molar-refractivity contribution < 1.29 is 0 Å². The van der Waals surface area contributed by atoms with E-state index >= 15 is 0 Å². The third kappa shape index (κ3) is 2.29. The Morgan fingerprint density at radius 3 is 2.42 bits per heavy atom. The average Bonchev–Trinajstić information content (AvgIpc) is 2.36. The van der Waals surface area contributed by atoms with Crippen LogP contribution in [0.25, 0.3) is 11.3 Å². The standard InChI is InChI=1S/C15H17N3O/c1-9-4-5-11(8-10(9)2)13-7-6-12(14(16)17)15(19)18(13)3/h4-8H,1-3H3,(H3,16,17). The Morgan fingerprint density at radius 1 is 1.16 bits per heavy atom. The molecular formula is C15H17N3O. The summed E-state index contributed by atoms with van der Waals surface area (Å²) in [6, 6.07) is 9.51. The molecule has 1 heterocycles. The first-order valence-corrected chi connectivity index (χ1v) is 6.04. The van der Waals surface area contributed by atoms with Crippen LogP contribution in [0.2, 0.25) is 0 Å². The van der Waals surface area contributed by atoms with Crippen molar-refractivity contribution >= 4 is 5.84 Å². The Morgan fingerprint density at radius 2 is 1.84 bits per heavy atom. The highest BCUT2D eigenvalue weighted by molar-refractivity contribution is 5.94. The smallest absolute Gasteiger partial charge is 0.261 e. The molecule has 0 bridgehead atoms. The number of nitrogens with two attached hydrogens (primary N) is 1. The van der Waals surface area contributed by atoms with E-state index in [4.69, 9.17) is 11.1 Å². The van der Waals surface area contributed by atoms with Gasteiger partial charge in [0, 0.05) is 7.05 Å². The van der Waals surface area contributed by atoms with Crippen LogP contribution in [0.1, 0.15) is 16.7 Å². The molecule has 2 aromatic rings. The van der Waals surface area contributed by atoms with Crippen molar-refractivity contribution in [1.82, 2.24) is 4.57 Å². The number of hydrogen-bond acceptors (Lipinski definition) is 2. The first-order chi connectivity index (χ1) is 8.91. The molecule has 0 aliphatic rings. The van der Waals surface area contributed by atoms with Crippen molar-refractivity contribution in [1.29, 1.82) is 5.41 Å². The van der Waals surface area contributed by atoms with Crippen LogP contribution in [0.4, 0.5) is 0 Å². The van der Waals surface area contributed by atoms with Gasteiger partial charge in [0.2, 0.25) is 0 Å². The summed E-state index contributed by atoms with van der Waals surface area (Å²) in [6.07, 6.45) is 0. The number of rotatable bonds is 2. The van der Waals surface area contributed by atoms with Gasteiger partial charge < -0.3 is 10.3 Å². The van der Waals surface area contributed by atoms with Gasteiger partial charge in [-0.15, -0.1) is 0 Å². The number of amidine groups is 1. The predicted octanol–water partition coefficient (Wildman–Crippen LogP) is 1.95. The summed E-state index contributed by atoms with van der Waals surface area (Å²) in [6.45, 7) is 4.10. The molecule has 0 aliphatic heterocycles. The molecule has 4 heteroatoms. The van der Waals surface area contributed by atoms with Crippen LogP contribution in [0.5, 0.6) is 0 Å². The maximum atomic E-state index is 12.1.